The van der Waals surface area contributed by atoms with Crippen LogP contribution >= 0.6 is 23.4 Å². The van der Waals surface area contributed by atoms with Crippen molar-refractivity contribution in [1.29, 1.82) is 0 Å². The van der Waals surface area contributed by atoms with Crippen LogP contribution in [0.4, 0.5) is 11.4 Å². The Hall–Kier alpha value is -3.09. The highest BCUT2D eigenvalue weighted by Crippen LogP contribution is 2.40. The van der Waals surface area contributed by atoms with Crippen LogP contribution in [0.3, 0.4) is 0 Å². The third kappa shape index (κ3) is 3.97. The molecule has 1 aliphatic rings. The third-order valence-electron chi connectivity index (χ3n) is 4.62. The number of amidine groups is 1. The predicted octanol–water partition coefficient (Wildman–Crippen LogP) is 5.94. The fourth-order valence-electron chi connectivity index (χ4n) is 3.02. The van der Waals surface area contributed by atoms with Crippen LogP contribution in [0.2, 0.25) is 5.15 Å². The molecule has 0 aliphatic carbocycles. The van der Waals surface area contributed by atoms with Crippen molar-refractivity contribution in [3.63, 3.8) is 0 Å². The van der Waals surface area contributed by atoms with Crippen molar-refractivity contribution in [2.45, 2.75) is 6.92 Å². The van der Waals surface area contributed by atoms with E-state index in [2.05, 4.69) is 9.98 Å². The first-order chi connectivity index (χ1) is 14.6. The third-order valence-corrected chi connectivity index (χ3v) is 6.05. The molecule has 0 N–H and O–H groups in total. The van der Waals surface area contributed by atoms with Crippen LogP contribution in [0, 0.1) is 0 Å². The molecule has 0 unspecified atom stereocenters. The van der Waals surface area contributed by atoms with Gasteiger partial charge in [0, 0.05) is 6.20 Å². The highest BCUT2D eigenvalue weighted by atomic mass is 35.5. The number of anilines is 1. The average Bonchev–Trinajstić information content (AvgIpc) is 3.11. The normalized spacial score (nSPS) is 16.8. The molecule has 1 saturated heterocycles. The van der Waals surface area contributed by atoms with Crippen LogP contribution in [0.1, 0.15) is 12.5 Å². The van der Waals surface area contributed by atoms with Crippen molar-refractivity contribution in [3.05, 3.63) is 88.5 Å². The number of aliphatic imine (C=N–C) groups is 1. The van der Waals surface area contributed by atoms with Gasteiger partial charge >= 0.3 is 0 Å². The van der Waals surface area contributed by atoms with E-state index in [0.717, 1.165) is 22.6 Å². The fraction of sp³-hybridized carbons (Fsp3) is 0.0870. The minimum atomic E-state index is -0.127. The van der Waals surface area contributed by atoms with Crippen LogP contribution in [0.25, 0.3) is 5.57 Å². The number of nitrogens with zero attached hydrogens (tertiary/aromatic N) is 3. The van der Waals surface area contributed by atoms with E-state index < -0.39 is 0 Å². The molecular formula is C23H18ClN3O2S. The molecule has 1 aliphatic heterocycles. The van der Waals surface area contributed by atoms with E-state index in [-0.39, 0.29) is 11.1 Å². The summed E-state index contributed by atoms with van der Waals surface area (Å²) in [6.07, 6.45) is 1.60. The van der Waals surface area contributed by atoms with E-state index in [1.165, 1.54) is 11.8 Å². The number of thioether (sulfide) groups is 1. The van der Waals surface area contributed by atoms with Crippen LogP contribution in [0.5, 0.6) is 5.75 Å². The van der Waals surface area contributed by atoms with Crippen molar-refractivity contribution >= 4 is 51.4 Å². The molecule has 2 heterocycles. The lowest BCUT2D eigenvalue weighted by Gasteiger charge is -2.15. The molecular weight excluding hydrogens is 418 g/mol. The molecule has 0 radical (unpaired) electrons. The average molecular weight is 436 g/mol. The van der Waals surface area contributed by atoms with Gasteiger partial charge in [0.15, 0.2) is 10.3 Å². The molecule has 0 spiro atoms. The molecule has 30 heavy (non-hydrogen) atoms. The molecule has 3 aromatic rings. The van der Waals surface area contributed by atoms with Crippen molar-refractivity contribution < 1.29 is 9.53 Å². The molecule has 2 aromatic carbocycles. The second-order valence-corrected chi connectivity index (χ2v) is 7.80. The molecule has 1 aromatic heterocycles. The summed E-state index contributed by atoms with van der Waals surface area (Å²) in [5, 5.41) is 0.819. The van der Waals surface area contributed by atoms with E-state index >= 15 is 0 Å². The van der Waals surface area contributed by atoms with E-state index in [4.69, 9.17) is 16.3 Å². The number of para-hydroxylation sites is 1. The SMILES string of the molecule is COc1ccc(/C(C)=C2\SC(=Nc3cccnc3Cl)N(c3ccccc3)C2=O)cc1. The van der Waals surface area contributed by atoms with Gasteiger partial charge in [-0.1, -0.05) is 41.9 Å². The van der Waals surface area contributed by atoms with Crippen LogP contribution in [0.15, 0.2) is 82.8 Å². The van der Waals surface area contributed by atoms with E-state index in [9.17, 15) is 4.79 Å². The Labute approximate surface area is 184 Å². The van der Waals surface area contributed by atoms with Crippen LogP contribution in [-0.4, -0.2) is 23.2 Å². The van der Waals surface area contributed by atoms with Gasteiger partial charge in [-0.2, -0.15) is 0 Å². The van der Waals surface area contributed by atoms with Gasteiger partial charge in [0.05, 0.1) is 17.7 Å². The molecule has 5 nitrogen and oxygen atoms in total. The Balaban J connectivity index is 1.81. The molecule has 7 heteroatoms. The standard InChI is InChI=1S/C23H18ClN3O2S/c1-15(16-10-12-18(29-2)13-11-16)20-22(28)27(17-7-4-3-5-8-17)23(30-20)26-19-9-6-14-25-21(19)24/h3-14H,1-2H3/b20-15-,26-23?. The number of pyridine rings is 1. The topological polar surface area (TPSA) is 54.8 Å². The fourth-order valence-corrected chi connectivity index (χ4v) is 4.24. The largest absolute Gasteiger partial charge is 0.497 e. The van der Waals surface area contributed by atoms with Gasteiger partial charge in [-0.15, -0.1) is 0 Å². The lowest BCUT2D eigenvalue weighted by Crippen LogP contribution is -2.28. The summed E-state index contributed by atoms with van der Waals surface area (Å²) in [6.45, 7) is 1.94. The summed E-state index contributed by atoms with van der Waals surface area (Å²) in [7, 11) is 1.63. The first-order valence-corrected chi connectivity index (χ1v) is 10.4. The maximum atomic E-state index is 13.4. The number of halogens is 1. The lowest BCUT2D eigenvalue weighted by atomic mass is 10.1. The highest BCUT2D eigenvalue weighted by molar-refractivity contribution is 8.19. The maximum Gasteiger partial charge on any atom is 0.271 e. The van der Waals surface area contributed by atoms with Gasteiger partial charge in [-0.25, -0.2) is 9.98 Å². The number of hydrogen-bond donors (Lipinski definition) is 0. The second kappa shape index (κ2) is 8.73. The van der Waals surface area contributed by atoms with E-state index in [1.807, 2.05) is 61.5 Å². The second-order valence-electron chi connectivity index (χ2n) is 6.47. The zero-order valence-electron chi connectivity index (χ0n) is 16.4. The number of amides is 1. The Morgan fingerprint density at radius 1 is 1.07 bits per heavy atom. The Morgan fingerprint density at radius 3 is 2.47 bits per heavy atom. The number of allylic oxidation sites excluding steroid dienone is 1. The first kappa shape index (κ1) is 20.2. The summed E-state index contributed by atoms with van der Waals surface area (Å²) >= 11 is 7.53. The smallest absolute Gasteiger partial charge is 0.271 e. The molecule has 0 atom stereocenters. The molecule has 4 rings (SSSR count). The number of aromatic nitrogens is 1. The van der Waals surface area contributed by atoms with E-state index in [1.54, 1.807) is 30.3 Å². The molecule has 150 valence electrons. The monoisotopic (exact) mass is 435 g/mol. The van der Waals surface area contributed by atoms with Gasteiger partial charge in [0.1, 0.15) is 11.4 Å². The summed E-state index contributed by atoms with van der Waals surface area (Å²) in [5.41, 5.74) is 3.07. The number of hydrogen-bond acceptors (Lipinski definition) is 5. The van der Waals surface area contributed by atoms with Gasteiger partial charge in [0.25, 0.3) is 5.91 Å². The van der Waals surface area contributed by atoms with Gasteiger partial charge in [-0.3, -0.25) is 9.69 Å². The minimum absolute atomic E-state index is 0.127. The minimum Gasteiger partial charge on any atom is -0.497 e. The summed E-state index contributed by atoms with van der Waals surface area (Å²) < 4.78 is 5.23. The van der Waals surface area contributed by atoms with Crippen molar-refractivity contribution in [2.75, 3.05) is 12.0 Å². The molecule has 1 amide bonds. The lowest BCUT2D eigenvalue weighted by molar-refractivity contribution is -0.113. The van der Waals surface area contributed by atoms with Crippen LogP contribution in [-0.2, 0) is 4.79 Å². The Kier molecular flexibility index (Phi) is 5.88. The number of benzene rings is 2. The van der Waals surface area contributed by atoms with Gasteiger partial charge in [-0.05, 0) is 66.2 Å². The summed E-state index contributed by atoms with van der Waals surface area (Å²) in [6, 6.07) is 20.6. The number of carbonyl (C=O) groups excluding carboxylic acids is 1. The zero-order valence-corrected chi connectivity index (χ0v) is 17.9. The Bertz CT molecular complexity index is 1140. The molecule has 0 bridgehead atoms. The van der Waals surface area contributed by atoms with Gasteiger partial charge in [0.2, 0.25) is 0 Å². The van der Waals surface area contributed by atoms with Crippen molar-refractivity contribution in [3.8, 4) is 5.75 Å². The Morgan fingerprint density at radius 2 is 1.80 bits per heavy atom. The van der Waals surface area contributed by atoms with Crippen LogP contribution < -0.4 is 9.64 Å². The summed E-state index contributed by atoms with van der Waals surface area (Å²) in [4.78, 5) is 24.4. The predicted molar refractivity (Wildman–Crippen MR) is 123 cm³/mol. The summed E-state index contributed by atoms with van der Waals surface area (Å²) in [5.74, 6) is 0.639. The number of rotatable bonds is 4. The van der Waals surface area contributed by atoms with E-state index in [0.29, 0.717) is 15.8 Å². The highest BCUT2D eigenvalue weighted by Gasteiger charge is 2.36. The number of ether oxygens (including phenoxy) is 1. The molecule has 0 saturated carbocycles. The number of methoxy groups -OCH3 is 1. The van der Waals surface area contributed by atoms with Crippen molar-refractivity contribution in [1.82, 2.24) is 4.98 Å². The molecule has 1 fully saturated rings. The first-order valence-electron chi connectivity index (χ1n) is 9.20. The maximum absolute atomic E-state index is 13.4. The van der Waals surface area contributed by atoms with Crippen molar-refractivity contribution in [2.24, 2.45) is 4.99 Å². The van der Waals surface area contributed by atoms with Gasteiger partial charge < -0.3 is 4.74 Å². The quantitative estimate of drug-likeness (QED) is 0.375. The number of carbonyl (C=O) groups is 1. The zero-order chi connectivity index (χ0) is 21.1.